The number of halogens is 3. The molecule has 0 radical (unpaired) electrons. The van der Waals surface area contributed by atoms with Gasteiger partial charge in [0.1, 0.15) is 11.6 Å². The van der Waals surface area contributed by atoms with E-state index in [0.717, 1.165) is 5.56 Å². The van der Waals surface area contributed by atoms with Crippen LogP contribution in [0.15, 0.2) is 33.4 Å². The van der Waals surface area contributed by atoms with Gasteiger partial charge in [0, 0.05) is 10.0 Å². The summed E-state index contributed by atoms with van der Waals surface area (Å²) < 4.78 is 19.6. The maximum Gasteiger partial charge on any atom is 0.129 e. The van der Waals surface area contributed by atoms with Crippen molar-refractivity contribution in [3.8, 4) is 0 Å². The van der Waals surface area contributed by atoms with E-state index >= 15 is 0 Å². The number of hydrogen-bond acceptors (Lipinski definition) is 2. The van der Waals surface area contributed by atoms with Gasteiger partial charge in [0.2, 0.25) is 0 Å². The highest BCUT2D eigenvalue weighted by molar-refractivity contribution is 9.10. The maximum atomic E-state index is 13.8. The Labute approximate surface area is 112 Å². The first-order valence-electron chi connectivity index (χ1n) is 4.94. The number of benzene rings is 1. The van der Waals surface area contributed by atoms with E-state index < -0.39 is 11.9 Å². The molecule has 0 saturated heterocycles. The Hall–Kier alpha value is -0.840. The number of nitrogens with two attached hydrogens (primary N) is 1. The van der Waals surface area contributed by atoms with Crippen molar-refractivity contribution < 1.29 is 8.81 Å². The average molecular weight is 319 g/mol. The normalized spacial score (nSPS) is 12.8. The average Bonchev–Trinajstić information content (AvgIpc) is 2.69. The molecule has 0 aliphatic rings. The summed E-state index contributed by atoms with van der Waals surface area (Å²) in [5.74, 6) is 0.131. The van der Waals surface area contributed by atoms with Gasteiger partial charge in [-0.1, -0.05) is 11.6 Å². The lowest BCUT2D eigenvalue weighted by molar-refractivity contribution is 0.477. The van der Waals surface area contributed by atoms with E-state index in [1.807, 2.05) is 6.92 Å². The topological polar surface area (TPSA) is 39.2 Å². The molecule has 0 amide bonds. The Morgan fingerprint density at radius 2 is 2.18 bits per heavy atom. The summed E-state index contributed by atoms with van der Waals surface area (Å²) in [7, 11) is 0. The molecule has 1 aromatic carbocycles. The van der Waals surface area contributed by atoms with E-state index in [1.54, 1.807) is 6.07 Å². The number of hydrogen-bond donors (Lipinski definition) is 1. The van der Waals surface area contributed by atoms with Crippen molar-refractivity contribution in [3.05, 3.63) is 56.7 Å². The molecule has 0 bridgehead atoms. The third-order valence-electron chi connectivity index (χ3n) is 2.56. The first kappa shape index (κ1) is 12.6. The fourth-order valence-electron chi connectivity index (χ4n) is 1.62. The fraction of sp³-hybridized carbons (Fsp3) is 0.167. The molecule has 0 fully saturated rings. The second-order valence-corrected chi connectivity index (χ2v) is 4.99. The van der Waals surface area contributed by atoms with E-state index in [9.17, 15) is 4.39 Å². The Bertz CT molecular complexity index is 555. The molecule has 2 aromatic rings. The monoisotopic (exact) mass is 317 g/mol. The zero-order valence-corrected chi connectivity index (χ0v) is 11.3. The highest BCUT2D eigenvalue weighted by Crippen LogP contribution is 2.31. The van der Waals surface area contributed by atoms with Crippen LogP contribution in [0.4, 0.5) is 4.39 Å². The van der Waals surface area contributed by atoms with Crippen molar-refractivity contribution in [2.24, 2.45) is 5.73 Å². The third kappa shape index (κ3) is 2.39. The summed E-state index contributed by atoms with van der Waals surface area (Å²) in [4.78, 5) is 0. The van der Waals surface area contributed by atoms with Crippen molar-refractivity contribution in [2.75, 3.05) is 0 Å². The lowest BCUT2D eigenvalue weighted by atomic mass is 10.0. The van der Waals surface area contributed by atoms with Crippen LogP contribution in [-0.4, -0.2) is 0 Å². The van der Waals surface area contributed by atoms with Crippen molar-refractivity contribution >= 4 is 27.5 Å². The Morgan fingerprint density at radius 1 is 1.47 bits per heavy atom. The highest BCUT2D eigenvalue weighted by Gasteiger charge is 2.19. The van der Waals surface area contributed by atoms with Crippen LogP contribution < -0.4 is 5.73 Å². The second kappa shape index (κ2) is 4.80. The molecule has 0 aliphatic heterocycles. The smallest absolute Gasteiger partial charge is 0.129 e. The summed E-state index contributed by atoms with van der Waals surface area (Å²) in [5.41, 5.74) is 7.17. The lowest BCUT2D eigenvalue weighted by Crippen LogP contribution is -2.14. The van der Waals surface area contributed by atoms with Crippen LogP contribution in [0, 0.1) is 12.7 Å². The molecular formula is C12H10BrClFNO. The van der Waals surface area contributed by atoms with Crippen molar-refractivity contribution in [2.45, 2.75) is 13.0 Å². The summed E-state index contributed by atoms with van der Waals surface area (Å²) in [5, 5.41) is 0.418. The molecule has 1 unspecified atom stereocenters. The van der Waals surface area contributed by atoms with Gasteiger partial charge < -0.3 is 10.2 Å². The molecule has 0 spiro atoms. The quantitative estimate of drug-likeness (QED) is 0.843. The molecule has 1 aromatic heterocycles. The Balaban J connectivity index is 2.48. The van der Waals surface area contributed by atoms with Crippen molar-refractivity contribution in [1.29, 1.82) is 0 Å². The SMILES string of the molecule is Cc1ccoc1C(N)c1cc(Cl)c(Br)cc1F. The first-order chi connectivity index (χ1) is 8.00. The Kier molecular flexibility index (Phi) is 3.56. The van der Waals surface area contributed by atoms with Gasteiger partial charge in [-0.3, -0.25) is 0 Å². The minimum Gasteiger partial charge on any atom is -0.467 e. The molecule has 1 heterocycles. The van der Waals surface area contributed by atoms with Gasteiger partial charge in [-0.2, -0.15) is 0 Å². The summed E-state index contributed by atoms with van der Waals surface area (Å²) in [6.45, 7) is 1.86. The van der Waals surface area contributed by atoms with Crippen molar-refractivity contribution in [1.82, 2.24) is 0 Å². The van der Waals surface area contributed by atoms with Crippen LogP contribution in [-0.2, 0) is 0 Å². The van der Waals surface area contributed by atoms with Crippen LogP contribution in [0.2, 0.25) is 5.02 Å². The largest absolute Gasteiger partial charge is 0.467 e. The molecule has 1 atom stereocenters. The number of furan rings is 1. The van der Waals surface area contributed by atoms with Gasteiger partial charge in [0.15, 0.2) is 0 Å². The number of rotatable bonds is 2. The van der Waals surface area contributed by atoms with E-state index in [-0.39, 0.29) is 0 Å². The first-order valence-corrected chi connectivity index (χ1v) is 6.12. The molecule has 5 heteroatoms. The molecule has 2 rings (SSSR count). The van der Waals surface area contributed by atoms with Gasteiger partial charge in [0.25, 0.3) is 0 Å². The van der Waals surface area contributed by atoms with Crippen LogP contribution in [0.25, 0.3) is 0 Å². The zero-order valence-electron chi connectivity index (χ0n) is 9.01. The zero-order chi connectivity index (χ0) is 12.6. The molecule has 0 aliphatic carbocycles. The maximum absolute atomic E-state index is 13.8. The third-order valence-corrected chi connectivity index (χ3v) is 3.76. The Morgan fingerprint density at radius 3 is 2.76 bits per heavy atom. The molecule has 90 valence electrons. The van der Waals surface area contributed by atoms with Crippen molar-refractivity contribution in [3.63, 3.8) is 0 Å². The van der Waals surface area contributed by atoms with Crippen LogP contribution >= 0.6 is 27.5 Å². The van der Waals surface area contributed by atoms with Crippen LogP contribution in [0.1, 0.15) is 22.9 Å². The summed E-state index contributed by atoms with van der Waals surface area (Å²) in [6, 6.07) is 3.94. The van der Waals surface area contributed by atoms with E-state index in [0.29, 0.717) is 20.8 Å². The number of aryl methyl sites for hydroxylation is 1. The molecule has 2 N–H and O–H groups in total. The lowest BCUT2D eigenvalue weighted by Gasteiger charge is -2.12. The van der Waals surface area contributed by atoms with Gasteiger partial charge >= 0.3 is 0 Å². The van der Waals surface area contributed by atoms with Crippen LogP contribution in [0.5, 0.6) is 0 Å². The predicted octanol–water partition coefficient (Wildman–Crippen LogP) is 4.19. The molecular weight excluding hydrogens is 308 g/mol. The van der Waals surface area contributed by atoms with Gasteiger partial charge in [-0.15, -0.1) is 0 Å². The minimum atomic E-state index is -0.657. The molecule has 17 heavy (non-hydrogen) atoms. The summed E-state index contributed by atoms with van der Waals surface area (Å²) >= 11 is 9.09. The van der Waals surface area contributed by atoms with Gasteiger partial charge in [-0.05, 0) is 46.6 Å². The summed E-state index contributed by atoms with van der Waals surface area (Å²) in [6.07, 6.45) is 1.53. The standard InChI is InChI=1S/C12H10BrClFNO/c1-6-2-3-17-12(6)11(16)7-4-9(14)8(13)5-10(7)15/h2-5,11H,16H2,1H3. The molecule has 0 saturated carbocycles. The molecule has 2 nitrogen and oxygen atoms in total. The van der Waals surface area contributed by atoms with E-state index in [4.69, 9.17) is 21.8 Å². The van der Waals surface area contributed by atoms with E-state index in [1.165, 1.54) is 18.4 Å². The minimum absolute atomic E-state index is 0.316. The van der Waals surface area contributed by atoms with Crippen LogP contribution in [0.3, 0.4) is 0 Å². The second-order valence-electron chi connectivity index (χ2n) is 3.73. The van der Waals surface area contributed by atoms with Gasteiger partial charge in [-0.25, -0.2) is 4.39 Å². The predicted molar refractivity (Wildman–Crippen MR) is 68.6 cm³/mol. The fourth-order valence-corrected chi connectivity index (χ4v) is 2.11. The van der Waals surface area contributed by atoms with Gasteiger partial charge in [0.05, 0.1) is 17.3 Å². The highest BCUT2D eigenvalue weighted by atomic mass is 79.9. The van der Waals surface area contributed by atoms with E-state index in [2.05, 4.69) is 15.9 Å².